The number of nitrogens with one attached hydrogen (secondary N) is 2. The summed E-state index contributed by atoms with van der Waals surface area (Å²) in [5.74, 6) is -0.396. The summed E-state index contributed by atoms with van der Waals surface area (Å²) in [7, 11) is 0. The van der Waals surface area contributed by atoms with E-state index in [9.17, 15) is 15.0 Å². The molecule has 1 aromatic carbocycles. The van der Waals surface area contributed by atoms with Gasteiger partial charge in [-0.25, -0.2) is 0 Å². The highest BCUT2D eigenvalue weighted by Gasteiger charge is 2.25. The highest BCUT2D eigenvalue weighted by Crippen LogP contribution is 2.36. The Balaban J connectivity index is 2.78. The molecule has 0 atom stereocenters. The fourth-order valence-electron chi connectivity index (χ4n) is 2.32. The van der Waals surface area contributed by atoms with Gasteiger partial charge in [-0.05, 0) is 29.7 Å². The van der Waals surface area contributed by atoms with Crippen molar-refractivity contribution in [3.8, 4) is 22.6 Å². The van der Waals surface area contributed by atoms with Crippen molar-refractivity contribution in [1.82, 2.24) is 10.2 Å². The number of H-pyrrole nitrogens is 2. The molecule has 1 aromatic heterocycles. The molecule has 0 aliphatic heterocycles. The number of aromatic nitrogens is 2. The smallest absolute Gasteiger partial charge is 0.272 e. The van der Waals surface area contributed by atoms with Gasteiger partial charge >= 0.3 is 0 Å². The van der Waals surface area contributed by atoms with Crippen molar-refractivity contribution in [1.29, 1.82) is 0 Å². The lowest BCUT2D eigenvalue weighted by Crippen LogP contribution is -2.15. The van der Waals surface area contributed by atoms with Crippen LogP contribution in [0.1, 0.15) is 39.0 Å². The van der Waals surface area contributed by atoms with Crippen LogP contribution in [0.5, 0.6) is 11.5 Å². The molecular formula is C15H20N2O3. The summed E-state index contributed by atoms with van der Waals surface area (Å²) in [6.45, 7) is 7.94. The van der Waals surface area contributed by atoms with E-state index in [1.54, 1.807) is 0 Å². The number of aromatic hydroxyl groups is 2. The summed E-state index contributed by atoms with van der Waals surface area (Å²) in [4.78, 5) is 12.1. The lowest BCUT2D eigenvalue weighted by molar-refractivity contribution is 0.403. The second kappa shape index (κ2) is 4.74. The minimum absolute atomic E-state index is 0.171. The lowest BCUT2D eigenvalue weighted by atomic mass is 9.86. The summed E-state index contributed by atoms with van der Waals surface area (Å²) in [5, 5.41) is 24.9. The number of hydrogen-bond acceptors (Lipinski definition) is 3. The van der Waals surface area contributed by atoms with Gasteiger partial charge in [-0.2, -0.15) is 0 Å². The molecule has 2 aromatic rings. The first kappa shape index (κ1) is 14.2. The topological polar surface area (TPSA) is 89.1 Å². The van der Waals surface area contributed by atoms with Gasteiger partial charge in [-0.1, -0.05) is 27.7 Å². The van der Waals surface area contributed by atoms with Crippen molar-refractivity contribution in [2.24, 2.45) is 0 Å². The van der Waals surface area contributed by atoms with Crippen LogP contribution >= 0.6 is 0 Å². The third-order valence-electron chi connectivity index (χ3n) is 3.38. The zero-order valence-corrected chi connectivity index (χ0v) is 12.2. The first-order valence-corrected chi connectivity index (χ1v) is 6.62. The van der Waals surface area contributed by atoms with Gasteiger partial charge in [0.1, 0.15) is 0 Å². The number of aryl methyl sites for hydroxylation is 1. The second-order valence-electron chi connectivity index (χ2n) is 5.93. The van der Waals surface area contributed by atoms with Gasteiger partial charge < -0.3 is 15.3 Å². The average Bonchev–Trinajstić information content (AvgIpc) is 2.74. The van der Waals surface area contributed by atoms with Crippen molar-refractivity contribution in [2.75, 3.05) is 0 Å². The number of phenols is 2. The van der Waals surface area contributed by atoms with Crippen LogP contribution in [0.4, 0.5) is 0 Å². The van der Waals surface area contributed by atoms with Crippen molar-refractivity contribution in [2.45, 2.75) is 39.5 Å². The molecule has 2 rings (SSSR count). The van der Waals surface area contributed by atoms with Gasteiger partial charge in [0.25, 0.3) is 5.56 Å². The molecule has 0 aliphatic rings. The second-order valence-corrected chi connectivity index (χ2v) is 5.93. The van der Waals surface area contributed by atoms with Crippen molar-refractivity contribution >= 4 is 0 Å². The Morgan fingerprint density at radius 1 is 1.10 bits per heavy atom. The van der Waals surface area contributed by atoms with Gasteiger partial charge in [-0.15, -0.1) is 0 Å². The van der Waals surface area contributed by atoms with Crippen molar-refractivity contribution in [3.05, 3.63) is 33.7 Å². The number of benzene rings is 1. The lowest BCUT2D eigenvalue weighted by Gasteiger charge is -2.19. The van der Waals surface area contributed by atoms with E-state index in [1.807, 2.05) is 27.7 Å². The number of hydrogen-bond donors (Lipinski definition) is 4. The molecule has 20 heavy (non-hydrogen) atoms. The normalized spacial score (nSPS) is 11.8. The predicted octanol–water partition coefficient (Wildman–Crippen LogP) is 2.64. The molecule has 1 heterocycles. The van der Waals surface area contributed by atoms with Crippen LogP contribution in [0.3, 0.4) is 0 Å². The largest absolute Gasteiger partial charge is 0.504 e. The van der Waals surface area contributed by atoms with Gasteiger partial charge in [0.15, 0.2) is 11.5 Å². The summed E-state index contributed by atoms with van der Waals surface area (Å²) in [6, 6.07) is 2.95. The highest BCUT2D eigenvalue weighted by molar-refractivity contribution is 5.73. The van der Waals surface area contributed by atoms with E-state index >= 15 is 0 Å². The standard InChI is InChI=1S/C15H20N2O3/c1-5-8-6-10(18)11(19)7-9(8)12-13(15(2,3)4)16-17-14(12)20/h6-7,18-19H,5H2,1-4H3,(H2,16,17,20). The van der Waals surface area contributed by atoms with Crippen molar-refractivity contribution in [3.63, 3.8) is 0 Å². The van der Waals surface area contributed by atoms with Gasteiger partial charge in [-0.3, -0.25) is 9.89 Å². The Bertz CT molecular complexity index is 690. The van der Waals surface area contributed by atoms with E-state index in [4.69, 9.17) is 0 Å². The zero-order chi connectivity index (χ0) is 15.1. The Morgan fingerprint density at radius 2 is 1.70 bits per heavy atom. The Hall–Kier alpha value is -2.17. The molecule has 108 valence electrons. The monoisotopic (exact) mass is 276 g/mol. The Morgan fingerprint density at radius 3 is 2.25 bits per heavy atom. The van der Waals surface area contributed by atoms with E-state index < -0.39 is 0 Å². The Kier molecular flexibility index (Phi) is 3.38. The summed E-state index contributed by atoms with van der Waals surface area (Å²) < 4.78 is 0. The maximum Gasteiger partial charge on any atom is 0.272 e. The van der Waals surface area contributed by atoms with Crippen LogP contribution in [0.2, 0.25) is 0 Å². The highest BCUT2D eigenvalue weighted by atomic mass is 16.3. The molecule has 0 bridgehead atoms. The van der Waals surface area contributed by atoms with Crippen LogP contribution in [0.15, 0.2) is 16.9 Å². The number of phenolic OH excluding ortho intramolecular Hbond substituents is 2. The van der Waals surface area contributed by atoms with E-state index in [2.05, 4.69) is 10.2 Å². The maximum absolute atomic E-state index is 12.1. The van der Waals surface area contributed by atoms with Crippen LogP contribution in [0, 0.1) is 0 Å². The SMILES string of the molecule is CCc1cc(O)c(O)cc1-c1c(C(C)(C)C)[nH][nH]c1=O. The van der Waals surface area contributed by atoms with Crippen LogP contribution < -0.4 is 5.56 Å². The molecular weight excluding hydrogens is 256 g/mol. The summed E-state index contributed by atoms with van der Waals surface area (Å²) in [5.41, 5.74) is 2.29. The summed E-state index contributed by atoms with van der Waals surface area (Å²) in [6.07, 6.45) is 0.650. The molecule has 0 radical (unpaired) electrons. The molecule has 0 saturated heterocycles. The minimum atomic E-state index is -0.243. The van der Waals surface area contributed by atoms with E-state index in [-0.39, 0.29) is 22.5 Å². The molecule has 5 heteroatoms. The van der Waals surface area contributed by atoms with Gasteiger partial charge in [0, 0.05) is 5.41 Å². The quantitative estimate of drug-likeness (QED) is 0.636. The molecule has 0 aliphatic carbocycles. The maximum atomic E-state index is 12.1. The van der Waals surface area contributed by atoms with Crippen LogP contribution in [-0.2, 0) is 11.8 Å². The first-order chi connectivity index (χ1) is 9.25. The first-order valence-electron chi connectivity index (χ1n) is 6.62. The molecule has 0 amide bonds. The fraction of sp³-hybridized carbons (Fsp3) is 0.400. The third kappa shape index (κ3) is 2.31. The summed E-state index contributed by atoms with van der Waals surface area (Å²) >= 11 is 0. The average molecular weight is 276 g/mol. The van der Waals surface area contributed by atoms with E-state index in [0.29, 0.717) is 17.5 Å². The number of rotatable bonds is 2. The molecule has 5 nitrogen and oxygen atoms in total. The molecule has 4 N–H and O–H groups in total. The van der Waals surface area contributed by atoms with E-state index in [1.165, 1.54) is 12.1 Å². The van der Waals surface area contributed by atoms with Gasteiger partial charge in [0.2, 0.25) is 0 Å². The predicted molar refractivity (Wildman–Crippen MR) is 78.3 cm³/mol. The number of aromatic amines is 2. The van der Waals surface area contributed by atoms with Crippen LogP contribution in [0.25, 0.3) is 11.1 Å². The molecule has 0 fully saturated rings. The van der Waals surface area contributed by atoms with Gasteiger partial charge in [0.05, 0.1) is 11.3 Å². The van der Waals surface area contributed by atoms with Crippen molar-refractivity contribution < 1.29 is 10.2 Å². The molecule has 0 spiro atoms. The molecule has 0 unspecified atom stereocenters. The van der Waals surface area contributed by atoms with Crippen LogP contribution in [-0.4, -0.2) is 20.4 Å². The third-order valence-corrected chi connectivity index (χ3v) is 3.38. The molecule has 0 saturated carbocycles. The minimum Gasteiger partial charge on any atom is -0.504 e. The zero-order valence-electron chi connectivity index (χ0n) is 12.2. The fourth-order valence-corrected chi connectivity index (χ4v) is 2.32. The Labute approximate surface area is 117 Å². The van der Waals surface area contributed by atoms with E-state index in [0.717, 1.165) is 11.3 Å².